The number of anilines is 1. The van der Waals surface area contributed by atoms with Gasteiger partial charge in [-0.2, -0.15) is 0 Å². The molecule has 0 aromatic heterocycles. The van der Waals surface area contributed by atoms with Gasteiger partial charge < -0.3 is 15.8 Å². The lowest BCUT2D eigenvalue weighted by Crippen LogP contribution is -2.16. The summed E-state index contributed by atoms with van der Waals surface area (Å²) in [5.74, 6) is -0.920. The molecule has 0 heterocycles. The molecule has 0 saturated heterocycles. The van der Waals surface area contributed by atoms with Crippen molar-refractivity contribution in [3.05, 3.63) is 41.5 Å². The first kappa shape index (κ1) is 17.1. The fourth-order valence-corrected chi connectivity index (χ4v) is 2.63. The second kappa shape index (κ2) is 8.98. The molecule has 0 bridgehead atoms. The summed E-state index contributed by atoms with van der Waals surface area (Å²) in [5, 5.41) is 3.31. The Morgan fingerprint density at radius 2 is 2.04 bits per heavy atom. The molecule has 3 N–H and O–H groups in total. The van der Waals surface area contributed by atoms with Gasteiger partial charge in [0.05, 0.1) is 12.0 Å². The Kier molecular flexibility index (Phi) is 6.66. The van der Waals surface area contributed by atoms with Gasteiger partial charge in [0, 0.05) is 12.2 Å². The molecule has 124 valence electrons. The van der Waals surface area contributed by atoms with Crippen molar-refractivity contribution < 1.29 is 14.3 Å². The molecule has 0 unspecified atom stereocenters. The van der Waals surface area contributed by atoms with Crippen LogP contribution in [-0.4, -0.2) is 25.0 Å². The van der Waals surface area contributed by atoms with E-state index in [-0.39, 0.29) is 13.0 Å². The molecule has 1 aliphatic carbocycles. The molecule has 0 spiro atoms. The summed E-state index contributed by atoms with van der Waals surface area (Å²) in [6.07, 6.45) is 8.28. The standard InChI is InChI=1S/C18H24N2O3/c19-17(21)11-13-23-18(22)15-8-4-5-9-16(15)20-12-10-14-6-2-1-3-7-14/h4-6,8-9,20H,1-3,7,10-13H2,(H2,19,21). The predicted octanol–water partition coefficient (Wildman–Crippen LogP) is 3.02. The van der Waals surface area contributed by atoms with Gasteiger partial charge in [0.25, 0.3) is 0 Å². The van der Waals surface area contributed by atoms with Crippen molar-refractivity contribution in [1.82, 2.24) is 0 Å². The molecular formula is C18H24N2O3. The van der Waals surface area contributed by atoms with Crippen LogP contribution in [0.5, 0.6) is 0 Å². The Balaban J connectivity index is 1.87. The first-order valence-electron chi connectivity index (χ1n) is 8.13. The number of carbonyl (C=O) groups is 2. The van der Waals surface area contributed by atoms with Crippen molar-refractivity contribution in [3.63, 3.8) is 0 Å². The molecule has 5 heteroatoms. The molecule has 0 saturated carbocycles. The maximum Gasteiger partial charge on any atom is 0.340 e. The topological polar surface area (TPSA) is 81.4 Å². The van der Waals surface area contributed by atoms with Crippen molar-refractivity contribution in [2.75, 3.05) is 18.5 Å². The van der Waals surface area contributed by atoms with Gasteiger partial charge in [0.2, 0.25) is 5.91 Å². The van der Waals surface area contributed by atoms with Crippen LogP contribution in [0, 0.1) is 0 Å². The summed E-state index contributed by atoms with van der Waals surface area (Å²) >= 11 is 0. The van der Waals surface area contributed by atoms with Crippen molar-refractivity contribution in [2.45, 2.75) is 38.5 Å². The molecule has 1 aromatic rings. The van der Waals surface area contributed by atoms with Gasteiger partial charge in [-0.3, -0.25) is 4.79 Å². The zero-order chi connectivity index (χ0) is 16.5. The summed E-state index contributed by atoms with van der Waals surface area (Å²) in [6, 6.07) is 7.25. The van der Waals surface area contributed by atoms with E-state index in [0.29, 0.717) is 5.56 Å². The summed E-state index contributed by atoms with van der Waals surface area (Å²) in [6.45, 7) is 0.798. The third-order valence-electron chi connectivity index (χ3n) is 3.88. The molecule has 0 aliphatic heterocycles. The number of nitrogens with one attached hydrogen (secondary N) is 1. The van der Waals surface area contributed by atoms with Crippen LogP contribution in [0.25, 0.3) is 0 Å². The first-order chi connectivity index (χ1) is 11.2. The Morgan fingerprint density at radius 1 is 1.22 bits per heavy atom. The minimum absolute atomic E-state index is 0.00931. The second-order valence-electron chi connectivity index (χ2n) is 5.68. The number of hydrogen-bond donors (Lipinski definition) is 2. The van der Waals surface area contributed by atoms with Crippen molar-refractivity contribution >= 4 is 17.6 Å². The average Bonchev–Trinajstić information content (AvgIpc) is 2.56. The number of ether oxygens (including phenoxy) is 1. The molecular weight excluding hydrogens is 292 g/mol. The normalized spacial score (nSPS) is 14.0. The summed E-state index contributed by atoms with van der Waals surface area (Å²) in [4.78, 5) is 22.8. The van der Waals surface area contributed by atoms with Gasteiger partial charge in [0.1, 0.15) is 6.61 Å². The number of esters is 1. The van der Waals surface area contributed by atoms with Crippen molar-refractivity contribution in [2.24, 2.45) is 5.73 Å². The van der Waals surface area contributed by atoms with E-state index in [0.717, 1.165) is 18.7 Å². The highest BCUT2D eigenvalue weighted by molar-refractivity contribution is 5.95. The minimum Gasteiger partial charge on any atom is -0.461 e. The lowest BCUT2D eigenvalue weighted by atomic mass is 9.97. The van der Waals surface area contributed by atoms with Crippen LogP contribution in [-0.2, 0) is 9.53 Å². The van der Waals surface area contributed by atoms with Gasteiger partial charge in [-0.1, -0.05) is 23.8 Å². The predicted molar refractivity (Wildman–Crippen MR) is 90.2 cm³/mol. The Labute approximate surface area is 136 Å². The number of primary amides is 1. The number of carbonyl (C=O) groups excluding carboxylic acids is 2. The van der Waals surface area contributed by atoms with Crippen LogP contribution in [0.15, 0.2) is 35.9 Å². The third-order valence-corrected chi connectivity index (χ3v) is 3.88. The number of rotatable bonds is 8. The van der Waals surface area contributed by atoms with Crippen molar-refractivity contribution in [1.29, 1.82) is 0 Å². The highest BCUT2D eigenvalue weighted by atomic mass is 16.5. The van der Waals surface area contributed by atoms with E-state index in [2.05, 4.69) is 11.4 Å². The molecule has 0 atom stereocenters. The maximum atomic E-state index is 12.1. The lowest BCUT2D eigenvalue weighted by Gasteiger charge is -2.15. The quantitative estimate of drug-likeness (QED) is 0.570. The zero-order valence-electron chi connectivity index (χ0n) is 13.3. The van der Waals surface area contributed by atoms with Crippen molar-refractivity contribution in [3.8, 4) is 0 Å². The van der Waals surface area contributed by atoms with E-state index in [9.17, 15) is 9.59 Å². The summed E-state index contributed by atoms with van der Waals surface area (Å²) < 4.78 is 5.08. The molecule has 5 nitrogen and oxygen atoms in total. The number of benzene rings is 1. The fraction of sp³-hybridized carbons (Fsp3) is 0.444. The lowest BCUT2D eigenvalue weighted by molar-refractivity contribution is -0.118. The number of nitrogens with two attached hydrogens (primary N) is 1. The van der Waals surface area contributed by atoms with Crippen LogP contribution >= 0.6 is 0 Å². The molecule has 1 amide bonds. The number of para-hydroxylation sites is 1. The maximum absolute atomic E-state index is 12.1. The minimum atomic E-state index is -0.482. The largest absolute Gasteiger partial charge is 0.461 e. The summed E-state index contributed by atoms with van der Waals surface area (Å²) in [7, 11) is 0. The summed E-state index contributed by atoms with van der Waals surface area (Å²) in [5.41, 5.74) is 7.77. The smallest absolute Gasteiger partial charge is 0.340 e. The molecule has 23 heavy (non-hydrogen) atoms. The van der Waals surface area contributed by atoms with Gasteiger partial charge in [-0.05, 0) is 44.2 Å². The van der Waals surface area contributed by atoms with E-state index in [1.165, 1.54) is 31.3 Å². The van der Waals surface area contributed by atoms with Crippen LogP contribution < -0.4 is 11.1 Å². The third kappa shape index (κ3) is 5.77. The van der Waals surface area contributed by atoms with E-state index in [1.54, 1.807) is 12.1 Å². The average molecular weight is 316 g/mol. The van der Waals surface area contributed by atoms with E-state index in [4.69, 9.17) is 10.5 Å². The zero-order valence-corrected chi connectivity index (χ0v) is 13.3. The van der Waals surface area contributed by atoms with E-state index < -0.39 is 11.9 Å². The first-order valence-corrected chi connectivity index (χ1v) is 8.13. The monoisotopic (exact) mass is 316 g/mol. The highest BCUT2D eigenvalue weighted by Gasteiger charge is 2.12. The van der Waals surface area contributed by atoms with Gasteiger partial charge in [-0.15, -0.1) is 0 Å². The molecule has 2 rings (SSSR count). The van der Waals surface area contributed by atoms with Gasteiger partial charge in [-0.25, -0.2) is 4.79 Å². The van der Waals surface area contributed by atoms with Crippen LogP contribution in [0.4, 0.5) is 5.69 Å². The van der Waals surface area contributed by atoms with Crippen LogP contribution in [0.3, 0.4) is 0 Å². The highest BCUT2D eigenvalue weighted by Crippen LogP contribution is 2.21. The molecule has 0 radical (unpaired) electrons. The van der Waals surface area contributed by atoms with E-state index in [1.807, 2.05) is 12.1 Å². The fourth-order valence-electron chi connectivity index (χ4n) is 2.63. The Hall–Kier alpha value is -2.30. The molecule has 0 fully saturated rings. The van der Waals surface area contributed by atoms with Gasteiger partial charge in [0.15, 0.2) is 0 Å². The number of allylic oxidation sites excluding steroid dienone is 1. The van der Waals surface area contributed by atoms with Crippen LogP contribution in [0.1, 0.15) is 48.9 Å². The number of hydrogen-bond acceptors (Lipinski definition) is 4. The van der Waals surface area contributed by atoms with Crippen LogP contribution in [0.2, 0.25) is 0 Å². The molecule has 1 aliphatic rings. The van der Waals surface area contributed by atoms with Gasteiger partial charge >= 0.3 is 5.97 Å². The second-order valence-corrected chi connectivity index (χ2v) is 5.68. The molecule has 1 aromatic carbocycles. The van der Waals surface area contributed by atoms with E-state index >= 15 is 0 Å². The number of amides is 1. The Bertz CT molecular complexity index is 581. The Morgan fingerprint density at radius 3 is 2.78 bits per heavy atom. The SMILES string of the molecule is NC(=O)CCOC(=O)c1ccccc1NCCC1=CCCCC1.